The number of nitrogens with zero attached hydrogens (tertiary/aromatic N) is 5. The number of hydrogen-bond donors (Lipinski definition) is 0. The number of methoxy groups -OCH3 is 1. The zero-order valence-corrected chi connectivity index (χ0v) is 16.2. The van der Waals surface area contributed by atoms with Gasteiger partial charge in [-0.2, -0.15) is 4.98 Å². The molecule has 1 aliphatic heterocycles. The molecule has 0 bridgehead atoms. The third-order valence-electron chi connectivity index (χ3n) is 4.73. The van der Waals surface area contributed by atoms with Crippen molar-refractivity contribution in [1.29, 1.82) is 0 Å². The number of morpholine rings is 1. The van der Waals surface area contributed by atoms with Crippen LogP contribution < -0.4 is 4.74 Å². The van der Waals surface area contributed by atoms with E-state index < -0.39 is 6.10 Å². The van der Waals surface area contributed by atoms with Crippen LogP contribution in [0.4, 0.5) is 0 Å². The highest BCUT2D eigenvalue weighted by Gasteiger charge is 2.29. The fourth-order valence-corrected chi connectivity index (χ4v) is 3.29. The fourth-order valence-electron chi connectivity index (χ4n) is 3.29. The molecule has 29 heavy (non-hydrogen) atoms. The molecule has 9 heteroatoms. The molecule has 0 spiro atoms. The lowest BCUT2D eigenvalue weighted by Gasteiger charge is -2.33. The standard InChI is InChI=1S/C20H21N5O4/c1-13-23-20(24-29-13)16-10-21-12-22-19(16)17-11-25(6-7-28-17)18(26)9-14-4-3-5-15(8-14)27-2/h3-5,8,10,12,17H,6-7,9,11H2,1-2H3/t17-/m0/s1. The van der Waals surface area contributed by atoms with Gasteiger partial charge in [0.15, 0.2) is 0 Å². The van der Waals surface area contributed by atoms with Crippen molar-refractivity contribution in [2.75, 3.05) is 26.8 Å². The van der Waals surface area contributed by atoms with Crippen LogP contribution in [0.25, 0.3) is 11.4 Å². The minimum absolute atomic E-state index is 0.0255. The second kappa shape index (κ2) is 8.36. The number of carbonyl (C=O) groups excluding carboxylic acids is 1. The zero-order chi connectivity index (χ0) is 20.2. The van der Waals surface area contributed by atoms with E-state index in [0.29, 0.717) is 49.1 Å². The van der Waals surface area contributed by atoms with Crippen LogP contribution >= 0.6 is 0 Å². The smallest absolute Gasteiger partial charge is 0.227 e. The second-order valence-corrected chi connectivity index (χ2v) is 6.69. The van der Waals surface area contributed by atoms with E-state index in [1.807, 2.05) is 24.3 Å². The maximum Gasteiger partial charge on any atom is 0.227 e. The summed E-state index contributed by atoms with van der Waals surface area (Å²) in [7, 11) is 1.61. The Labute approximate surface area is 167 Å². The van der Waals surface area contributed by atoms with Gasteiger partial charge in [0.1, 0.15) is 18.2 Å². The molecule has 0 unspecified atom stereocenters. The van der Waals surface area contributed by atoms with Crippen LogP contribution in [-0.2, 0) is 16.0 Å². The molecule has 1 saturated heterocycles. The van der Waals surface area contributed by atoms with E-state index in [9.17, 15) is 4.79 Å². The predicted molar refractivity (Wildman–Crippen MR) is 102 cm³/mol. The maximum absolute atomic E-state index is 12.9. The fraction of sp³-hybridized carbons (Fsp3) is 0.350. The van der Waals surface area contributed by atoms with Crippen LogP contribution in [0.3, 0.4) is 0 Å². The van der Waals surface area contributed by atoms with Crippen LogP contribution in [-0.4, -0.2) is 57.7 Å². The van der Waals surface area contributed by atoms with Crippen molar-refractivity contribution in [3.05, 3.63) is 53.9 Å². The van der Waals surface area contributed by atoms with Crippen molar-refractivity contribution in [3.8, 4) is 17.1 Å². The topological polar surface area (TPSA) is 103 Å². The molecular weight excluding hydrogens is 374 g/mol. The first kappa shape index (κ1) is 19.0. The summed E-state index contributed by atoms with van der Waals surface area (Å²) in [6.45, 7) is 3.06. The zero-order valence-electron chi connectivity index (χ0n) is 16.2. The van der Waals surface area contributed by atoms with Crippen LogP contribution in [0.1, 0.15) is 23.3 Å². The number of amides is 1. The molecule has 1 atom stereocenters. The number of carbonyl (C=O) groups is 1. The van der Waals surface area contributed by atoms with Gasteiger partial charge in [-0.3, -0.25) is 4.79 Å². The summed E-state index contributed by atoms with van der Waals surface area (Å²) in [5.74, 6) is 1.62. The quantitative estimate of drug-likeness (QED) is 0.646. The van der Waals surface area contributed by atoms with Crippen molar-refractivity contribution >= 4 is 5.91 Å². The minimum Gasteiger partial charge on any atom is -0.497 e. The molecule has 150 valence electrons. The highest BCUT2D eigenvalue weighted by molar-refractivity contribution is 5.79. The van der Waals surface area contributed by atoms with Crippen LogP contribution in [0, 0.1) is 6.92 Å². The van der Waals surface area contributed by atoms with Crippen molar-refractivity contribution in [3.63, 3.8) is 0 Å². The van der Waals surface area contributed by atoms with E-state index in [-0.39, 0.29) is 5.91 Å². The van der Waals surface area contributed by atoms with E-state index in [2.05, 4.69) is 20.1 Å². The highest BCUT2D eigenvalue weighted by Crippen LogP contribution is 2.28. The Balaban J connectivity index is 1.51. The van der Waals surface area contributed by atoms with Gasteiger partial charge in [0, 0.05) is 19.7 Å². The molecule has 4 rings (SSSR count). The molecule has 9 nitrogen and oxygen atoms in total. The summed E-state index contributed by atoms with van der Waals surface area (Å²) in [4.78, 5) is 27.4. The van der Waals surface area contributed by atoms with Crippen molar-refractivity contribution in [2.24, 2.45) is 0 Å². The molecule has 2 aromatic heterocycles. The Morgan fingerprint density at radius 2 is 2.28 bits per heavy atom. The van der Waals surface area contributed by atoms with E-state index in [4.69, 9.17) is 14.0 Å². The number of benzene rings is 1. The number of aromatic nitrogens is 4. The van der Waals surface area contributed by atoms with Crippen LogP contribution in [0.2, 0.25) is 0 Å². The van der Waals surface area contributed by atoms with Gasteiger partial charge < -0.3 is 18.9 Å². The summed E-state index contributed by atoms with van der Waals surface area (Å²) in [5, 5.41) is 3.95. The number of aryl methyl sites for hydroxylation is 1. The highest BCUT2D eigenvalue weighted by atomic mass is 16.5. The van der Waals surface area contributed by atoms with E-state index in [0.717, 1.165) is 11.3 Å². The molecule has 3 heterocycles. The van der Waals surface area contributed by atoms with Gasteiger partial charge in [-0.15, -0.1) is 0 Å². The van der Waals surface area contributed by atoms with Crippen molar-refractivity contribution in [1.82, 2.24) is 25.0 Å². The molecule has 1 fully saturated rings. The third kappa shape index (κ3) is 4.24. The second-order valence-electron chi connectivity index (χ2n) is 6.69. The summed E-state index contributed by atoms with van der Waals surface area (Å²) in [5.41, 5.74) is 2.18. The third-order valence-corrected chi connectivity index (χ3v) is 4.73. The first-order chi connectivity index (χ1) is 14.1. The van der Waals surface area contributed by atoms with E-state index in [1.165, 1.54) is 6.33 Å². The lowest BCUT2D eigenvalue weighted by Crippen LogP contribution is -2.43. The molecule has 0 saturated carbocycles. The van der Waals surface area contributed by atoms with Gasteiger partial charge in [0.25, 0.3) is 0 Å². The first-order valence-corrected chi connectivity index (χ1v) is 9.27. The Bertz CT molecular complexity index is 1010. The van der Waals surface area contributed by atoms with Gasteiger partial charge in [0.05, 0.1) is 37.9 Å². The number of rotatable bonds is 5. The average molecular weight is 395 g/mol. The monoisotopic (exact) mass is 395 g/mol. The Morgan fingerprint density at radius 3 is 3.07 bits per heavy atom. The number of hydrogen-bond acceptors (Lipinski definition) is 8. The van der Waals surface area contributed by atoms with E-state index >= 15 is 0 Å². The molecule has 0 N–H and O–H groups in total. The molecule has 1 aliphatic rings. The van der Waals surface area contributed by atoms with Gasteiger partial charge in [-0.05, 0) is 17.7 Å². The Kier molecular flexibility index (Phi) is 5.48. The van der Waals surface area contributed by atoms with E-state index in [1.54, 1.807) is 25.1 Å². The predicted octanol–water partition coefficient (Wildman–Crippen LogP) is 1.99. The lowest BCUT2D eigenvalue weighted by molar-refractivity contribution is -0.138. The summed E-state index contributed by atoms with van der Waals surface area (Å²) in [6, 6.07) is 7.52. The SMILES string of the molecule is COc1cccc(CC(=O)N2CCO[C@H](c3ncncc3-c3noc(C)n3)C2)c1. The largest absolute Gasteiger partial charge is 0.497 e. The normalized spacial score (nSPS) is 16.6. The summed E-state index contributed by atoms with van der Waals surface area (Å²) >= 11 is 0. The van der Waals surface area contributed by atoms with Crippen molar-refractivity contribution < 1.29 is 18.8 Å². The minimum atomic E-state index is -0.394. The Morgan fingerprint density at radius 1 is 1.38 bits per heavy atom. The first-order valence-electron chi connectivity index (χ1n) is 9.27. The molecule has 0 radical (unpaired) electrons. The average Bonchev–Trinajstić information content (AvgIpc) is 3.20. The van der Waals surface area contributed by atoms with Crippen LogP contribution in [0.5, 0.6) is 5.75 Å². The molecule has 0 aliphatic carbocycles. The van der Waals surface area contributed by atoms with Gasteiger partial charge in [0.2, 0.25) is 17.6 Å². The molecule has 1 amide bonds. The maximum atomic E-state index is 12.9. The molecule has 1 aromatic carbocycles. The van der Waals surface area contributed by atoms with Crippen LogP contribution in [0.15, 0.2) is 41.3 Å². The summed E-state index contributed by atoms with van der Waals surface area (Å²) in [6.07, 6.45) is 2.99. The lowest BCUT2D eigenvalue weighted by atomic mass is 10.1. The van der Waals surface area contributed by atoms with Crippen molar-refractivity contribution in [2.45, 2.75) is 19.4 Å². The summed E-state index contributed by atoms with van der Waals surface area (Å²) < 4.78 is 16.2. The van der Waals surface area contributed by atoms with Gasteiger partial charge in [-0.1, -0.05) is 17.3 Å². The van der Waals surface area contributed by atoms with Gasteiger partial charge in [-0.25, -0.2) is 9.97 Å². The Hall–Kier alpha value is -3.33. The number of ether oxygens (including phenoxy) is 2. The molecule has 3 aromatic rings. The molecular formula is C20H21N5O4. The van der Waals surface area contributed by atoms with Gasteiger partial charge >= 0.3 is 0 Å².